The second-order valence-corrected chi connectivity index (χ2v) is 4.78. The average molecular weight is 265 g/mol. The summed E-state index contributed by atoms with van der Waals surface area (Å²) in [6, 6.07) is 5.11. The molecule has 1 fully saturated rings. The van der Waals surface area contributed by atoms with Crippen LogP contribution in [0.1, 0.15) is 35.4 Å². The Balaban J connectivity index is 1.98. The van der Waals surface area contributed by atoms with Crippen LogP contribution < -0.4 is 5.32 Å². The molecule has 100 valence electrons. The number of aryl methyl sites for hydroxylation is 1. The molecule has 1 saturated carbocycles. The standard InChI is InChI=1S/C13H13F2N3O/c1-18-10-5-2-7(13(19)16-8-3-4-8)6-9(10)17-12(18)11(14)15/h2,5-6,8,11H,3-4H2,1H3,(H,16,19). The average Bonchev–Trinajstić information content (AvgIpc) is 3.12. The molecule has 6 heteroatoms. The number of alkyl halides is 2. The molecule has 1 N–H and O–H groups in total. The fourth-order valence-electron chi connectivity index (χ4n) is 2.05. The third-order valence-corrected chi connectivity index (χ3v) is 3.29. The largest absolute Gasteiger partial charge is 0.349 e. The number of fused-ring (bicyclic) bond motifs is 1. The highest BCUT2D eigenvalue weighted by Crippen LogP contribution is 2.24. The molecule has 3 rings (SSSR count). The molecule has 1 heterocycles. The van der Waals surface area contributed by atoms with E-state index >= 15 is 0 Å². The topological polar surface area (TPSA) is 46.9 Å². The SMILES string of the molecule is Cn1c(C(F)F)nc2cc(C(=O)NC3CC3)ccc21. The number of hydrogen-bond acceptors (Lipinski definition) is 2. The van der Waals surface area contributed by atoms with Crippen LogP contribution in [0.15, 0.2) is 18.2 Å². The van der Waals surface area contributed by atoms with Gasteiger partial charge in [-0.2, -0.15) is 0 Å². The lowest BCUT2D eigenvalue weighted by molar-refractivity contribution is 0.0951. The van der Waals surface area contributed by atoms with Gasteiger partial charge in [-0.3, -0.25) is 4.79 Å². The van der Waals surface area contributed by atoms with Crippen LogP contribution in [-0.4, -0.2) is 21.5 Å². The van der Waals surface area contributed by atoms with Gasteiger partial charge in [-0.05, 0) is 31.0 Å². The Morgan fingerprint density at radius 2 is 2.21 bits per heavy atom. The Hall–Kier alpha value is -1.98. The van der Waals surface area contributed by atoms with Gasteiger partial charge in [0.05, 0.1) is 11.0 Å². The number of carbonyl (C=O) groups excluding carboxylic acids is 1. The molecular formula is C13H13F2N3O. The lowest BCUT2D eigenvalue weighted by Gasteiger charge is -2.03. The fourth-order valence-corrected chi connectivity index (χ4v) is 2.05. The Kier molecular flexibility index (Phi) is 2.73. The van der Waals surface area contributed by atoms with E-state index in [-0.39, 0.29) is 17.8 Å². The predicted molar refractivity (Wildman–Crippen MR) is 66.2 cm³/mol. The van der Waals surface area contributed by atoms with Gasteiger partial charge in [0, 0.05) is 18.7 Å². The van der Waals surface area contributed by atoms with Crippen molar-refractivity contribution in [3.05, 3.63) is 29.6 Å². The minimum absolute atomic E-state index is 0.173. The predicted octanol–water partition coefficient (Wildman–Crippen LogP) is 2.40. The smallest absolute Gasteiger partial charge is 0.295 e. The third kappa shape index (κ3) is 2.18. The van der Waals surface area contributed by atoms with Crippen molar-refractivity contribution in [2.24, 2.45) is 7.05 Å². The molecule has 0 unspecified atom stereocenters. The molecular weight excluding hydrogens is 252 g/mol. The summed E-state index contributed by atoms with van der Waals surface area (Å²) in [7, 11) is 1.54. The third-order valence-electron chi connectivity index (χ3n) is 3.29. The summed E-state index contributed by atoms with van der Waals surface area (Å²) < 4.78 is 26.8. The van der Waals surface area contributed by atoms with Gasteiger partial charge < -0.3 is 9.88 Å². The number of rotatable bonds is 3. The van der Waals surface area contributed by atoms with E-state index in [1.807, 2.05) is 0 Å². The van der Waals surface area contributed by atoms with E-state index in [1.54, 1.807) is 25.2 Å². The molecule has 19 heavy (non-hydrogen) atoms. The van der Waals surface area contributed by atoms with E-state index in [9.17, 15) is 13.6 Å². The van der Waals surface area contributed by atoms with Crippen LogP contribution in [-0.2, 0) is 7.05 Å². The Morgan fingerprint density at radius 3 is 2.84 bits per heavy atom. The summed E-state index contributed by atoms with van der Waals surface area (Å²) in [5.74, 6) is -0.455. The quantitative estimate of drug-likeness (QED) is 0.926. The van der Waals surface area contributed by atoms with E-state index in [0.29, 0.717) is 16.6 Å². The van der Waals surface area contributed by atoms with Crippen LogP contribution in [0.4, 0.5) is 8.78 Å². The molecule has 1 amide bonds. The molecule has 0 saturated heterocycles. The van der Waals surface area contributed by atoms with Crippen molar-refractivity contribution in [1.29, 1.82) is 0 Å². The van der Waals surface area contributed by atoms with Gasteiger partial charge >= 0.3 is 0 Å². The maximum Gasteiger partial charge on any atom is 0.295 e. The molecule has 1 aliphatic carbocycles. The molecule has 0 bridgehead atoms. The van der Waals surface area contributed by atoms with Crippen LogP contribution in [0.25, 0.3) is 11.0 Å². The summed E-state index contributed by atoms with van der Waals surface area (Å²) in [6.45, 7) is 0. The Morgan fingerprint density at radius 1 is 1.47 bits per heavy atom. The number of aromatic nitrogens is 2. The second kappa shape index (κ2) is 4.29. The zero-order valence-electron chi connectivity index (χ0n) is 10.4. The first-order valence-corrected chi connectivity index (χ1v) is 6.11. The number of imidazole rings is 1. The molecule has 1 aliphatic rings. The van der Waals surface area contributed by atoms with E-state index in [4.69, 9.17) is 0 Å². The van der Waals surface area contributed by atoms with E-state index < -0.39 is 6.43 Å². The monoisotopic (exact) mass is 265 g/mol. The van der Waals surface area contributed by atoms with Gasteiger partial charge in [0.1, 0.15) is 0 Å². The van der Waals surface area contributed by atoms with Crippen LogP contribution in [0.2, 0.25) is 0 Å². The molecule has 1 aromatic carbocycles. The highest BCUT2D eigenvalue weighted by Gasteiger charge is 2.24. The number of hydrogen-bond donors (Lipinski definition) is 1. The molecule has 0 atom stereocenters. The number of nitrogens with one attached hydrogen (secondary N) is 1. The number of carbonyl (C=O) groups is 1. The maximum absolute atomic E-state index is 12.7. The highest BCUT2D eigenvalue weighted by atomic mass is 19.3. The molecule has 1 aromatic heterocycles. The van der Waals surface area contributed by atoms with Gasteiger partial charge in [-0.1, -0.05) is 0 Å². The normalized spacial score (nSPS) is 15.2. The number of nitrogens with zero attached hydrogens (tertiary/aromatic N) is 2. The maximum atomic E-state index is 12.7. The van der Waals surface area contributed by atoms with Crippen molar-refractivity contribution < 1.29 is 13.6 Å². The number of amides is 1. The Bertz CT molecular complexity index is 647. The van der Waals surface area contributed by atoms with Crippen molar-refractivity contribution >= 4 is 16.9 Å². The summed E-state index contributed by atoms with van der Waals surface area (Å²) in [4.78, 5) is 15.8. The van der Waals surface area contributed by atoms with Crippen molar-refractivity contribution in [3.8, 4) is 0 Å². The van der Waals surface area contributed by atoms with Crippen LogP contribution in [0, 0.1) is 0 Å². The van der Waals surface area contributed by atoms with E-state index in [2.05, 4.69) is 10.3 Å². The van der Waals surface area contributed by atoms with Gasteiger partial charge in [-0.25, -0.2) is 13.8 Å². The van der Waals surface area contributed by atoms with E-state index in [1.165, 1.54) is 4.57 Å². The van der Waals surface area contributed by atoms with Crippen LogP contribution >= 0.6 is 0 Å². The van der Waals surface area contributed by atoms with Crippen LogP contribution in [0.3, 0.4) is 0 Å². The summed E-state index contributed by atoms with van der Waals surface area (Å²) in [5.41, 5.74) is 1.47. The molecule has 0 radical (unpaired) electrons. The second-order valence-electron chi connectivity index (χ2n) is 4.78. The summed E-state index contributed by atoms with van der Waals surface area (Å²) in [5, 5.41) is 2.86. The lowest BCUT2D eigenvalue weighted by atomic mass is 10.2. The van der Waals surface area contributed by atoms with Crippen molar-refractivity contribution in [2.45, 2.75) is 25.3 Å². The first-order chi connectivity index (χ1) is 9.06. The molecule has 2 aromatic rings. The summed E-state index contributed by atoms with van der Waals surface area (Å²) >= 11 is 0. The minimum atomic E-state index is -2.62. The van der Waals surface area contributed by atoms with Gasteiger partial charge in [0.25, 0.3) is 12.3 Å². The highest BCUT2D eigenvalue weighted by molar-refractivity contribution is 5.97. The molecule has 4 nitrogen and oxygen atoms in total. The van der Waals surface area contributed by atoms with Crippen molar-refractivity contribution in [1.82, 2.24) is 14.9 Å². The van der Waals surface area contributed by atoms with Crippen molar-refractivity contribution in [2.75, 3.05) is 0 Å². The van der Waals surface area contributed by atoms with Gasteiger partial charge in [0.15, 0.2) is 5.82 Å². The van der Waals surface area contributed by atoms with Gasteiger partial charge in [0.2, 0.25) is 0 Å². The van der Waals surface area contributed by atoms with Crippen LogP contribution in [0.5, 0.6) is 0 Å². The fraction of sp³-hybridized carbons (Fsp3) is 0.385. The first-order valence-electron chi connectivity index (χ1n) is 6.11. The zero-order valence-corrected chi connectivity index (χ0v) is 10.4. The zero-order chi connectivity index (χ0) is 13.6. The minimum Gasteiger partial charge on any atom is -0.349 e. The molecule has 0 spiro atoms. The Labute approximate surface area is 108 Å². The number of halogens is 2. The lowest BCUT2D eigenvalue weighted by Crippen LogP contribution is -2.25. The van der Waals surface area contributed by atoms with Gasteiger partial charge in [-0.15, -0.1) is 0 Å². The number of benzene rings is 1. The van der Waals surface area contributed by atoms with Crippen molar-refractivity contribution in [3.63, 3.8) is 0 Å². The van der Waals surface area contributed by atoms with E-state index in [0.717, 1.165) is 12.8 Å². The molecule has 0 aliphatic heterocycles. The first kappa shape index (κ1) is 12.1. The summed E-state index contributed by atoms with van der Waals surface area (Å²) in [6.07, 6.45) is -0.610.